The lowest BCUT2D eigenvalue weighted by Gasteiger charge is -2.21. The number of likely N-dealkylation sites (N-methyl/N-ethyl adjacent to an activating group) is 1. The normalized spacial score (nSPS) is 12.3. The number of benzene rings is 2. The molecular formula is C20H24N2O4S. The Kier molecular flexibility index (Phi) is 6.74. The highest BCUT2D eigenvalue weighted by Gasteiger charge is 2.32. The molecule has 0 aliphatic rings. The molecule has 2 aromatic carbocycles. The van der Waals surface area contributed by atoms with Crippen LogP contribution in [0, 0.1) is 0 Å². The third-order valence-electron chi connectivity index (χ3n) is 4.31. The lowest BCUT2D eigenvalue weighted by atomic mass is 10.1. The predicted octanol–water partition coefficient (Wildman–Crippen LogP) is 2.51. The molecule has 1 unspecified atom stereocenters. The lowest BCUT2D eigenvalue weighted by Crippen LogP contribution is -2.42. The average molecular weight is 388 g/mol. The summed E-state index contributed by atoms with van der Waals surface area (Å²) in [4.78, 5) is 26.0. The fourth-order valence-corrected chi connectivity index (χ4v) is 4.08. The van der Waals surface area contributed by atoms with Crippen molar-refractivity contribution in [3.8, 4) is 0 Å². The molecule has 0 spiro atoms. The SMILES string of the molecule is CCc1ccccc1NC(=O)CN(C)C(=O)C(C)S(=O)(=O)c1ccccc1. The van der Waals surface area contributed by atoms with Gasteiger partial charge in [-0.25, -0.2) is 8.42 Å². The highest BCUT2D eigenvalue weighted by atomic mass is 32.2. The van der Waals surface area contributed by atoms with Crippen LogP contribution in [0.5, 0.6) is 0 Å². The quantitative estimate of drug-likeness (QED) is 0.790. The molecule has 0 fully saturated rings. The van der Waals surface area contributed by atoms with Crippen LogP contribution in [0.15, 0.2) is 59.5 Å². The number of hydrogen-bond donors (Lipinski definition) is 1. The number of para-hydroxylation sites is 1. The predicted molar refractivity (Wildman–Crippen MR) is 105 cm³/mol. The van der Waals surface area contributed by atoms with Crippen molar-refractivity contribution < 1.29 is 18.0 Å². The first-order valence-electron chi connectivity index (χ1n) is 8.69. The second-order valence-electron chi connectivity index (χ2n) is 6.25. The Hall–Kier alpha value is -2.67. The zero-order chi connectivity index (χ0) is 20.0. The standard InChI is InChI=1S/C20H24N2O4S/c1-4-16-10-8-9-13-18(16)21-19(23)14-22(3)20(24)15(2)27(25,26)17-11-6-5-7-12-17/h5-13,15H,4,14H2,1-3H3,(H,21,23). The van der Waals surface area contributed by atoms with Gasteiger partial charge in [0.05, 0.1) is 11.4 Å². The van der Waals surface area contributed by atoms with Crippen molar-refractivity contribution in [3.63, 3.8) is 0 Å². The Morgan fingerprint density at radius 2 is 1.63 bits per heavy atom. The summed E-state index contributed by atoms with van der Waals surface area (Å²) in [6.45, 7) is 3.09. The van der Waals surface area contributed by atoms with Gasteiger partial charge in [-0.3, -0.25) is 9.59 Å². The Bertz CT molecular complexity index is 911. The number of sulfone groups is 1. The van der Waals surface area contributed by atoms with Crippen LogP contribution >= 0.6 is 0 Å². The molecule has 1 N–H and O–H groups in total. The summed E-state index contributed by atoms with van der Waals surface area (Å²) in [5, 5.41) is 1.50. The molecule has 27 heavy (non-hydrogen) atoms. The van der Waals surface area contributed by atoms with Crippen LogP contribution in [-0.4, -0.2) is 44.0 Å². The second-order valence-corrected chi connectivity index (χ2v) is 8.52. The van der Waals surface area contributed by atoms with E-state index < -0.39 is 21.0 Å². The molecule has 2 amide bonds. The van der Waals surface area contributed by atoms with Gasteiger partial charge in [0.25, 0.3) is 0 Å². The summed E-state index contributed by atoms with van der Waals surface area (Å²) >= 11 is 0. The van der Waals surface area contributed by atoms with Crippen molar-refractivity contribution in [2.75, 3.05) is 18.9 Å². The number of nitrogens with zero attached hydrogens (tertiary/aromatic N) is 1. The Morgan fingerprint density at radius 1 is 1.04 bits per heavy atom. The fourth-order valence-electron chi connectivity index (χ4n) is 2.69. The molecule has 0 aliphatic carbocycles. The summed E-state index contributed by atoms with van der Waals surface area (Å²) < 4.78 is 25.2. The Morgan fingerprint density at radius 3 is 2.26 bits per heavy atom. The van der Waals surface area contributed by atoms with Gasteiger partial charge >= 0.3 is 0 Å². The number of nitrogens with one attached hydrogen (secondary N) is 1. The third kappa shape index (κ3) is 4.95. The van der Waals surface area contributed by atoms with E-state index in [1.807, 2.05) is 25.1 Å². The van der Waals surface area contributed by atoms with Gasteiger partial charge in [0.15, 0.2) is 9.84 Å². The number of carbonyl (C=O) groups is 2. The Labute approximate surface area is 160 Å². The molecule has 2 aromatic rings. The van der Waals surface area contributed by atoms with Gasteiger partial charge in [0, 0.05) is 12.7 Å². The van der Waals surface area contributed by atoms with Crippen molar-refractivity contribution in [2.45, 2.75) is 30.4 Å². The number of amides is 2. The van der Waals surface area contributed by atoms with E-state index in [2.05, 4.69) is 5.32 Å². The molecular weight excluding hydrogens is 364 g/mol. The third-order valence-corrected chi connectivity index (χ3v) is 6.38. The maximum Gasteiger partial charge on any atom is 0.243 e. The van der Waals surface area contributed by atoms with Crippen LogP contribution in [0.25, 0.3) is 0 Å². The molecule has 7 heteroatoms. The summed E-state index contributed by atoms with van der Waals surface area (Å²) in [6, 6.07) is 15.2. The first kappa shape index (κ1) is 20.6. The summed E-state index contributed by atoms with van der Waals surface area (Å²) in [7, 11) is -2.39. The van der Waals surface area contributed by atoms with Crippen molar-refractivity contribution in [1.29, 1.82) is 0 Å². The highest BCUT2D eigenvalue weighted by Crippen LogP contribution is 2.18. The second kappa shape index (κ2) is 8.81. The highest BCUT2D eigenvalue weighted by molar-refractivity contribution is 7.92. The van der Waals surface area contributed by atoms with Crippen LogP contribution in [0.1, 0.15) is 19.4 Å². The van der Waals surface area contributed by atoms with E-state index in [1.54, 1.807) is 24.3 Å². The number of aryl methyl sites for hydroxylation is 1. The minimum absolute atomic E-state index is 0.0839. The van der Waals surface area contributed by atoms with Crippen LogP contribution in [0.2, 0.25) is 0 Å². The van der Waals surface area contributed by atoms with E-state index in [0.29, 0.717) is 5.69 Å². The molecule has 0 saturated carbocycles. The summed E-state index contributed by atoms with van der Waals surface area (Å²) in [5.41, 5.74) is 1.68. The molecule has 0 bridgehead atoms. The van der Waals surface area contributed by atoms with Gasteiger partial charge in [0.1, 0.15) is 5.25 Å². The van der Waals surface area contributed by atoms with Crippen molar-refractivity contribution in [3.05, 3.63) is 60.2 Å². The van der Waals surface area contributed by atoms with Crippen LogP contribution in [0.4, 0.5) is 5.69 Å². The maximum absolute atomic E-state index is 12.6. The topological polar surface area (TPSA) is 83.6 Å². The molecule has 6 nitrogen and oxygen atoms in total. The zero-order valence-corrected chi connectivity index (χ0v) is 16.5. The zero-order valence-electron chi connectivity index (χ0n) is 15.7. The molecule has 0 heterocycles. The van der Waals surface area contributed by atoms with Crippen molar-refractivity contribution >= 4 is 27.3 Å². The minimum atomic E-state index is -3.81. The first-order valence-corrected chi connectivity index (χ1v) is 10.2. The monoisotopic (exact) mass is 388 g/mol. The number of anilines is 1. The number of rotatable bonds is 7. The summed E-state index contributed by atoms with van der Waals surface area (Å²) in [6.07, 6.45) is 0.761. The van der Waals surface area contributed by atoms with E-state index in [0.717, 1.165) is 16.9 Å². The van der Waals surface area contributed by atoms with E-state index in [-0.39, 0.29) is 17.3 Å². The van der Waals surface area contributed by atoms with E-state index >= 15 is 0 Å². The smallest absolute Gasteiger partial charge is 0.243 e. The average Bonchev–Trinajstić information content (AvgIpc) is 2.67. The van der Waals surface area contributed by atoms with Crippen LogP contribution in [0.3, 0.4) is 0 Å². The maximum atomic E-state index is 12.6. The largest absolute Gasteiger partial charge is 0.335 e. The minimum Gasteiger partial charge on any atom is -0.335 e. The van der Waals surface area contributed by atoms with Gasteiger partial charge in [0.2, 0.25) is 11.8 Å². The lowest BCUT2D eigenvalue weighted by molar-refractivity contribution is -0.132. The summed E-state index contributed by atoms with van der Waals surface area (Å²) in [5.74, 6) is -1.01. The molecule has 0 saturated heterocycles. The fraction of sp³-hybridized carbons (Fsp3) is 0.300. The first-order chi connectivity index (χ1) is 12.8. The molecule has 0 aromatic heterocycles. The van der Waals surface area contributed by atoms with Crippen LogP contribution < -0.4 is 5.32 Å². The van der Waals surface area contributed by atoms with Crippen molar-refractivity contribution in [2.24, 2.45) is 0 Å². The number of carbonyl (C=O) groups excluding carboxylic acids is 2. The number of hydrogen-bond acceptors (Lipinski definition) is 4. The van der Waals surface area contributed by atoms with Gasteiger partial charge in [-0.1, -0.05) is 43.3 Å². The van der Waals surface area contributed by atoms with Gasteiger partial charge in [-0.2, -0.15) is 0 Å². The molecule has 2 rings (SSSR count). The van der Waals surface area contributed by atoms with Crippen LogP contribution in [-0.2, 0) is 25.8 Å². The molecule has 1 atom stereocenters. The van der Waals surface area contributed by atoms with Gasteiger partial charge < -0.3 is 10.2 Å². The van der Waals surface area contributed by atoms with Crippen molar-refractivity contribution in [1.82, 2.24) is 4.90 Å². The Balaban J connectivity index is 2.05. The van der Waals surface area contributed by atoms with Gasteiger partial charge in [-0.15, -0.1) is 0 Å². The van der Waals surface area contributed by atoms with E-state index in [9.17, 15) is 18.0 Å². The van der Waals surface area contributed by atoms with E-state index in [4.69, 9.17) is 0 Å². The molecule has 0 aliphatic heterocycles. The van der Waals surface area contributed by atoms with E-state index in [1.165, 1.54) is 26.1 Å². The molecule has 144 valence electrons. The molecule has 0 radical (unpaired) electrons. The van der Waals surface area contributed by atoms with Gasteiger partial charge in [-0.05, 0) is 37.1 Å².